The van der Waals surface area contributed by atoms with E-state index in [1.54, 1.807) is 11.0 Å². The van der Waals surface area contributed by atoms with E-state index < -0.39 is 0 Å². The van der Waals surface area contributed by atoms with Gasteiger partial charge < -0.3 is 10.2 Å². The summed E-state index contributed by atoms with van der Waals surface area (Å²) in [5.74, 6) is 0.798. The summed E-state index contributed by atoms with van der Waals surface area (Å²) in [5, 5.41) is 2.97. The van der Waals surface area contributed by atoms with Crippen LogP contribution in [-0.2, 0) is 9.59 Å². The van der Waals surface area contributed by atoms with Gasteiger partial charge in [0.1, 0.15) is 12.1 Å². The number of nitrogens with zero attached hydrogens (tertiary/aromatic N) is 1. The van der Waals surface area contributed by atoms with Crippen molar-refractivity contribution in [1.29, 1.82) is 0 Å². The molecule has 0 radical (unpaired) electrons. The molecule has 2 atom stereocenters. The highest BCUT2D eigenvalue weighted by Crippen LogP contribution is 2.31. The first-order valence-electron chi connectivity index (χ1n) is 8.26. The molecule has 2 amide bonds. The van der Waals surface area contributed by atoms with E-state index in [2.05, 4.69) is 25.7 Å². The highest BCUT2D eigenvalue weighted by molar-refractivity contribution is 5.97. The van der Waals surface area contributed by atoms with Gasteiger partial charge in [-0.25, -0.2) is 0 Å². The summed E-state index contributed by atoms with van der Waals surface area (Å²) in [7, 11) is 0. The monoisotopic (exact) mass is 292 g/mol. The standard InChI is InChI=1S/C17H28N2O2/c1-4-10-19-15(13-8-6-5-7-9-13)16(20)18-14(17(19)21)11-12(2)3/h4,12-15H,1,5-11H2,2-3H3,(H,18,20). The molecule has 4 nitrogen and oxygen atoms in total. The maximum atomic E-state index is 12.7. The molecule has 1 heterocycles. The molecule has 2 rings (SSSR count). The van der Waals surface area contributed by atoms with Crippen LogP contribution in [-0.4, -0.2) is 35.3 Å². The Bertz CT molecular complexity index is 400. The van der Waals surface area contributed by atoms with E-state index in [0.717, 1.165) is 12.8 Å². The largest absolute Gasteiger partial charge is 0.342 e. The normalized spacial score (nSPS) is 27.9. The van der Waals surface area contributed by atoms with Crippen molar-refractivity contribution in [3.63, 3.8) is 0 Å². The van der Waals surface area contributed by atoms with Gasteiger partial charge in [-0.3, -0.25) is 9.59 Å². The number of rotatable bonds is 5. The van der Waals surface area contributed by atoms with Crippen LogP contribution in [0.4, 0.5) is 0 Å². The van der Waals surface area contributed by atoms with Gasteiger partial charge in [-0.2, -0.15) is 0 Å². The second-order valence-corrected chi connectivity index (χ2v) is 6.81. The Morgan fingerprint density at radius 3 is 2.52 bits per heavy atom. The van der Waals surface area contributed by atoms with E-state index in [0.29, 0.717) is 24.8 Å². The fraction of sp³-hybridized carbons (Fsp3) is 0.765. The van der Waals surface area contributed by atoms with Crippen LogP contribution in [0.1, 0.15) is 52.4 Å². The van der Waals surface area contributed by atoms with Gasteiger partial charge in [-0.15, -0.1) is 6.58 Å². The third kappa shape index (κ3) is 3.66. The van der Waals surface area contributed by atoms with E-state index in [9.17, 15) is 9.59 Å². The summed E-state index contributed by atoms with van der Waals surface area (Å²) >= 11 is 0. The first kappa shape index (κ1) is 16.1. The van der Waals surface area contributed by atoms with Gasteiger partial charge in [0.25, 0.3) is 0 Å². The average molecular weight is 292 g/mol. The van der Waals surface area contributed by atoms with Crippen molar-refractivity contribution in [3.8, 4) is 0 Å². The van der Waals surface area contributed by atoms with Crippen LogP contribution < -0.4 is 5.32 Å². The Labute approximate surface area is 128 Å². The molecule has 2 unspecified atom stereocenters. The molecule has 1 N–H and O–H groups in total. The molecule has 1 aliphatic heterocycles. The van der Waals surface area contributed by atoms with Gasteiger partial charge in [-0.05, 0) is 31.1 Å². The molecule has 0 aromatic rings. The number of piperazine rings is 1. The fourth-order valence-electron chi connectivity index (χ4n) is 3.69. The zero-order chi connectivity index (χ0) is 15.4. The average Bonchev–Trinajstić information content (AvgIpc) is 2.45. The Morgan fingerprint density at radius 2 is 1.95 bits per heavy atom. The van der Waals surface area contributed by atoms with Crippen LogP contribution in [0.3, 0.4) is 0 Å². The van der Waals surface area contributed by atoms with Crippen LogP contribution in [0, 0.1) is 11.8 Å². The van der Waals surface area contributed by atoms with Gasteiger partial charge in [0, 0.05) is 6.54 Å². The van der Waals surface area contributed by atoms with Gasteiger partial charge in [0.05, 0.1) is 0 Å². The van der Waals surface area contributed by atoms with E-state index in [1.807, 2.05) is 0 Å². The predicted octanol–water partition coefficient (Wildman–Crippen LogP) is 2.49. The van der Waals surface area contributed by atoms with Crippen LogP contribution in [0.2, 0.25) is 0 Å². The molecule has 1 saturated carbocycles. The van der Waals surface area contributed by atoms with Crippen LogP contribution in [0.15, 0.2) is 12.7 Å². The van der Waals surface area contributed by atoms with Crippen molar-refractivity contribution in [2.45, 2.75) is 64.5 Å². The summed E-state index contributed by atoms with van der Waals surface area (Å²) in [6.07, 6.45) is 8.12. The minimum atomic E-state index is -0.364. The lowest BCUT2D eigenvalue weighted by Gasteiger charge is -2.43. The SMILES string of the molecule is C=CCN1C(=O)C(CC(C)C)NC(=O)C1C1CCCCC1. The lowest BCUT2D eigenvalue weighted by molar-refractivity contribution is -0.151. The molecule has 2 fully saturated rings. The van der Waals surface area contributed by atoms with Crippen LogP contribution >= 0.6 is 0 Å². The second-order valence-electron chi connectivity index (χ2n) is 6.81. The number of amides is 2. The van der Waals surface area contributed by atoms with Crippen molar-refractivity contribution in [1.82, 2.24) is 10.2 Å². The number of hydrogen-bond acceptors (Lipinski definition) is 2. The zero-order valence-corrected chi connectivity index (χ0v) is 13.3. The topological polar surface area (TPSA) is 49.4 Å². The molecular formula is C17H28N2O2. The fourth-order valence-corrected chi connectivity index (χ4v) is 3.69. The summed E-state index contributed by atoms with van der Waals surface area (Å²) in [5.41, 5.74) is 0. The molecule has 0 aromatic carbocycles. The maximum Gasteiger partial charge on any atom is 0.246 e. The molecule has 0 bridgehead atoms. The second kappa shape index (κ2) is 7.10. The van der Waals surface area contributed by atoms with Gasteiger partial charge in [-0.1, -0.05) is 39.2 Å². The minimum Gasteiger partial charge on any atom is -0.342 e. The van der Waals surface area contributed by atoms with Crippen molar-refractivity contribution >= 4 is 11.8 Å². The highest BCUT2D eigenvalue weighted by Gasteiger charge is 2.43. The van der Waals surface area contributed by atoms with Crippen LogP contribution in [0.5, 0.6) is 0 Å². The van der Waals surface area contributed by atoms with Crippen molar-refractivity contribution < 1.29 is 9.59 Å². The predicted molar refractivity (Wildman–Crippen MR) is 83.7 cm³/mol. The molecule has 118 valence electrons. The minimum absolute atomic E-state index is 0.0361. The molecule has 1 aliphatic carbocycles. The Morgan fingerprint density at radius 1 is 1.29 bits per heavy atom. The smallest absolute Gasteiger partial charge is 0.246 e. The van der Waals surface area contributed by atoms with E-state index >= 15 is 0 Å². The number of carbonyl (C=O) groups excluding carboxylic acids is 2. The summed E-state index contributed by atoms with van der Waals surface area (Å²) in [6.45, 7) is 8.38. The molecule has 4 heteroatoms. The lowest BCUT2D eigenvalue weighted by Crippen LogP contribution is -2.65. The van der Waals surface area contributed by atoms with Gasteiger partial charge >= 0.3 is 0 Å². The van der Waals surface area contributed by atoms with E-state index in [1.165, 1.54) is 19.3 Å². The molecule has 0 spiro atoms. The quantitative estimate of drug-likeness (QED) is 0.792. The summed E-state index contributed by atoms with van der Waals surface area (Å²) in [4.78, 5) is 27.1. The molecule has 21 heavy (non-hydrogen) atoms. The highest BCUT2D eigenvalue weighted by atomic mass is 16.2. The van der Waals surface area contributed by atoms with E-state index in [4.69, 9.17) is 0 Å². The molecule has 1 saturated heterocycles. The molecular weight excluding hydrogens is 264 g/mol. The Hall–Kier alpha value is -1.32. The van der Waals surface area contributed by atoms with Crippen molar-refractivity contribution in [2.24, 2.45) is 11.8 Å². The van der Waals surface area contributed by atoms with Crippen molar-refractivity contribution in [2.75, 3.05) is 6.54 Å². The zero-order valence-electron chi connectivity index (χ0n) is 13.3. The summed E-state index contributed by atoms with van der Waals surface area (Å²) < 4.78 is 0. The molecule has 2 aliphatic rings. The molecule has 0 aromatic heterocycles. The first-order chi connectivity index (χ1) is 10.0. The maximum absolute atomic E-state index is 12.7. The number of nitrogens with one attached hydrogen (secondary N) is 1. The number of carbonyl (C=O) groups is 2. The van der Waals surface area contributed by atoms with Crippen LogP contribution in [0.25, 0.3) is 0 Å². The van der Waals surface area contributed by atoms with Crippen molar-refractivity contribution in [3.05, 3.63) is 12.7 Å². The number of hydrogen-bond donors (Lipinski definition) is 1. The third-order valence-corrected chi connectivity index (χ3v) is 4.63. The Kier molecular flexibility index (Phi) is 5.43. The van der Waals surface area contributed by atoms with E-state index in [-0.39, 0.29) is 23.9 Å². The third-order valence-electron chi connectivity index (χ3n) is 4.63. The van der Waals surface area contributed by atoms with Gasteiger partial charge in [0.2, 0.25) is 11.8 Å². The lowest BCUT2D eigenvalue weighted by atomic mass is 9.81. The summed E-state index contributed by atoms with van der Waals surface area (Å²) in [6, 6.07) is -0.656. The first-order valence-corrected chi connectivity index (χ1v) is 8.26. The Balaban J connectivity index is 2.17. The van der Waals surface area contributed by atoms with Gasteiger partial charge in [0.15, 0.2) is 0 Å².